The molecule has 142 valence electrons. The molecule has 0 bridgehead atoms. The van der Waals surface area contributed by atoms with Crippen LogP contribution < -0.4 is 10.1 Å². The fourth-order valence-electron chi connectivity index (χ4n) is 2.71. The molecule has 0 saturated carbocycles. The number of para-hydroxylation sites is 1. The van der Waals surface area contributed by atoms with E-state index in [9.17, 15) is 0 Å². The zero-order chi connectivity index (χ0) is 19.5. The second kappa shape index (κ2) is 8.20. The molecule has 4 heterocycles. The van der Waals surface area contributed by atoms with E-state index in [0.717, 1.165) is 26.2 Å². The van der Waals surface area contributed by atoms with Crippen molar-refractivity contribution in [2.45, 2.75) is 9.79 Å². The van der Waals surface area contributed by atoms with Crippen molar-refractivity contribution in [1.29, 1.82) is 0 Å². The minimum atomic E-state index is 0.629. The summed E-state index contributed by atoms with van der Waals surface area (Å²) in [6, 6.07) is 15.8. The lowest BCUT2D eigenvalue weighted by Gasteiger charge is -2.12. The van der Waals surface area contributed by atoms with Crippen molar-refractivity contribution in [3.8, 4) is 11.5 Å². The Morgan fingerprint density at radius 1 is 0.897 bits per heavy atom. The number of nitrogens with zero attached hydrogens (tertiary/aromatic N) is 3. The number of rotatable bonds is 6. The first-order valence-electron chi connectivity index (χ1n) is 8.75. The molecule has 29 heavy (non-hydrogen) atoms. The van der Waals surface area contributed by atoms with Gasteiger partial charge < -0.3 is 10.1 Å². The second-order valence-electron chi connectivity index (χ2n) is 5.94. The normalized spacial score (nSPS) is 10.9. The maximum absolute atomic E-state index is 6.14. The summed E-state index contributed by atoms with van der Waals surface area (Å²) in [5.41, 5.74) is 1.01. The Kier molecular flexibility index (Phi) is 5.12. The molecular weight excluding hydrogens is 420 g/mol. The van der Waals surface area contributed by atoms with Crippen molar-refractivity contribution in [2.24, 2.45) is 0 Å². The number of nitrogens with one attached hydrogen (secondary N) is 1. The van der Waals surface area contributed by atoms with Crippen LogP contribution in [0.1, 0.15) is 0 Å². The van der Waals surface area contributed by atoms with E-state index in [4.69, 9.17) is 4.74 Å². The van der Waals surface area contributed by atoms with Gasteiger partial charge in [-0.05, 0) is 29.6 Å². The fourth-order valence-corrected chi connectivity index (χ4v) is 5.12. The molecule has 0 amide bonds. The highest BCUT2D eigenvalue weighted by molar-refractivity contribution is 7.99. The summed E-state index contributed by atoms with van der Waals surface area (Å²) >= 11 is 4.86. The Hall–Kier alpha value is -2.94. The first-order valence-corrected chi connectivity index (χ1v) is 11.3. The number of hydrogen-bond acceptors (Lipinski definition) is 8. The zero-order valence-corrected chi connectivity index (χ0v) is 17.4. The summed E-state index contributed by atoms with van der Waals surface area (Å²) in [5, 5.41) is 7.99. The highest BCUT2D eigenvalue weighted by atomic mass is 32.2. The Morgan fingerprint density at radius 2 is 1.83 bits per heavy atom. The molecule has 0 atom stereocenters. The van der Waals surface area contributed by atoms with E-state index in [1.165, 1.54) is 16.0 Å². The monoisotopic (exact) mass is 434 g/mol. The average Bonchev–Trinajstić information content (AvgIpc) is 3.43. The third kappa shape index (κ3) is 4.09. The number of thiophene rings is 1. The summed E-state index contributed by atoms with van der Waals surface area (Å²) in [4.78, 5) is 15.4. The molecule has 0 aliphatic heterocycles. The smallest absolute Gasteiger partial charge is 0.188 e. The van der Waals surface area contributed by atoms with Crippen molar-refractivity contribution in [1.82, 2.24) is 15.0 Å². The summed E-state index contributed by atoms with van der Waals surface area (Å²) in [6.07, 6.45) is 5.44. The molecule has 1 aromatic carbocycles. The van der Waals surface area contributed by atoms with Crippen LogP contribution in [0.3, 0.4) is 0 Å². The van der Waals surface area contributed by atoms with Crippen LogP contribution in [0.15, 0.2) is 87.7 Å². The van der Waals surface area contributed by atoms with Crippen LogP contribution in [-0.4, -0.2) is 15.0 Å². The minimum Gasteiger partial charge on any atom is -0.453 e. The lowest BCUT2D eigenvalue weighted by atomic mass is 10.3. The fraction of sp³-hybridized carbons (Fsp3) is 0. The zero-order valence-electron chi connectivity index (χ0n) is 15.0. The number of hydrogen-bond donors (Lipinski definition) is 1. The van der Waals surface area contributed by atoms with Crippen molar-refractivity contribution in [3.63, 3.8) is 0 Å². The van der Waals surface area contributed by atoms with Crippen molar-refractivity contribution in [2.75, 3.05) is 5.32 Å². The van der Waals surface area contributed by atoms with E-state index in [-0.39, 0.29) is 0 Å². The van der Waals surface area contributed by atoms with Crippen molar-refractivity contribution in [3.05, 3.63) is 77.9 Å². The average molecular weight is 435 g/mol. The van der Waals surface area contributed by atoms with Crippen LogP contribution in [0.2, 0.25) is 0 Å². The SMILES string of the molecule is c1ccc(Oc2cc(Sc3ccnc4ccsc34)cnc2Nc2nccs2)cc1. The summed E-state index contributed by atoms with van der Waals surface area (Å²) in [5.74, 6) is 2.03. The van der Waals surface area contributed by atoms with E-state index in [0.29, 0.717) is 11.6 Å². The van der Waals surface area contributed by atoms with Crippen molar-refractivity contribution >= 4 is 55.6 Å². The molecule has 4 aromatic heterocycles. The molecule has 0 unspecified atom stereocenters. The van der Waals surface area contributed by atoms with Crippen LogP contribution in [0, 0.1) is 0 Å². The minimum absolute atomic E-state index is 0.629. The van der Waals surface area contributed by atoms with Crippen LogP contribution in [0.4, 0.5) is 10.9 Å². The molecular formula is C21H14N4OS3. The molecule has 8 heteroatoms. The van der Waals surface area contributed by atoms with Gasteiger partial charge in [-0.15, -0.1) is 22.7 Å². The number of pyridine rings is 2. The molecule has 1 N–H and O–H groups in total. The molecule has 5 rings (SSSR count). The van der Waals surface area contributed by atoms with Gasteiger partial charge in [-0.25, -0.2) is 9.97 Å². The maximum atomic E-state index is 6.14. The molecule has 0 radical (unpaired) electrons. The van der Waals surface area contributed by atoms with Gasteiger partial charge in [0.25, 0.3) is 0 Å². The van der Waals surface area contributed by atoms with Crippen molar-refractivity contribution < 1.29 is 4.74 Å². The Bertz CT molecular complexity index is 1240. The molecule has 0 saturated heterocycles. The first kappa shape index (κ1) is 18.1. The van der Waals surface area contributed by atoms with E-state index in [2.05, 4.69) is 25.6 Å². The van der Waals surface area contributed by atoms with Gasteiger partial charge in [0.15, 0.2) is 16.7 Å². The van der Waals surface area contributed by atoms with Gasteiger partial charge in [0, 0.05) is 39.8 Å². The number of benzene rings is 1. The predicted molar refractivity (Wildman–Crippen MR) is 120 cm³/mol. The van der Waals surface area contributed by atoms with Gasteiger partial charge >= 0.3 is 0 Å². The molecule has 0 spiro atoms. The van der Waals surface area contributed by atoms with Gasteiger partial charge in [-0.2, -0.15) is 0 Å². The Balaban J connectivity index is 1.49. The van der Waals surface area contributed by atoms with E-state index < -0.39 is 0 Å². The third-order valence-corrected chi connectivity index (χ3v) is 6.77. The number of thiazole rings is 1. The van der Waals surface area contributed by atoms with Gasteiger partial charge in [-0.3, -0.25) is 4.98 Å². The number of fused-ring (bicyclic) bond motifs is 1. The van der Waals surface area contributed by atoms with Gasteiger partial charge in [0.1, 0.15) is 5.75 Å². The van der Waals surface area contributed by atoms with Crippen LogP contribution >= 0.6 is 34.4 Å². The highest BCUT2D eigenvalue weighted by Crippen LogP contribution is 2.39. The highest BCUT2D eigenvalue weighted by Gasteiger charge is 2.12. The molecule has 0 fully saturated rings. The standard InChI is InChI=1S/C21H14N4OS3/c1-2-4-14(5-3-1)26-17-12-15(13-24-20(17)25-21-23-9-11-28-21)29-18-6-8-22-16-7-10-27-19(16)18/h1-13H,(H,23,24,25). The quantitative estimate of drug-likeness (QED) is 0.316. The Labute approximate surface area is 179 Å². The lowest BCUT2D eigenvalue weighted by Crippen LogP contribution is -1.97. The number of aromatic nitrogens is 3. The maximum Gasteiger partial charge on any atom is 0.188 e. The summed E-state index contributed by atoms with van der Waals surface area (Å²) in [7, 11) is 0. The largest absolute Gasteiger partial charge is 0.453 e. The predicted octanol–water partition coefficient (Wildman–Crippen LogP) is 6.83. The lowest BCUT2D eigenvalue weighted by molar-refractivity contribution is 0.481. The van der Waals surface area contributed by atoms with E-state index in [1.54, 1.807) is 29.3 Å². The molecule has 0 aliphatic carbocycles. The topological polar surface area (TPSA) is 59.9 Å². The first-order chi connectivity index (χ1) is 14.3. The third-order valence-electron chi connectivity index (χ3n) is 3.99. The molecule has 0 aliphatic rings. The molecule has 5 aromatic rings. The van der Waals surface area contributed by atoms with Crippen LogP contribution in [-0.2, 0) is 0 Å². The van der Waals surface area contributed by atoms with Crippen LogP contribution in [0.5, 0.6) is 11.5 Å². The second-order valence-corrected chi connectivity index (χ2v) is 8.87. The van der Waals surface area contributed by atoms with Gasteiger partial charge in [0.2, 0.25) is 0 Å². The molecule has 5 nitrogen and oxygen atoms in total. The number of anilines is 2. The van der Waals surface area contributed by atoms with Crippen LogP contribution in [0.25, 0.3) is 10.2 Å². The van der Waals surface area contributed by atoms with E-state index in [1.807, 2.05) is 66.3 Å². The van der Waals surface area contributed by atoms with Gasteiger partial charge in [0.05, 0.1) is 10.2 Å². The summed E-state index contributed by atoms with van der Waals surface area (Å²) in [6.45, 7) is 0. The number of ether oxygens (including phenoxy) is 1. The Morgan fingerprint density at radius 3 is 2.69 bits per heavy atom. The van der Waals surface area contributed by atoms with Gasteiger partial charge in [-0.1, -0.05) is 30.0 Å². The van der Waals surface area contributed by atoms with E-state index >= 15 is 0 Å². The summed E-state index contributed by atoms with van der Waals surface area (Å²) < 4.78 is 7.31.